The van der Waals surface area contributed by atoms with E-state index in [-0.39, 0.29) is 19.5 Å². The van der Waals surface area contributed by atoms with Crippen LogP contribution in [-0.2, 0) is 4.79 Å². The predicted octanol–water partition coefficient (Wildman–Crippen LogP) is 1.35. The highest BCUT2D eigenvalue weighted by atomic mass is 19.4. The van der Waals surface area contributed by atoms with Gasteiger partial charge in [-0.3, -0.25) is 9.69 Å². The van der Waals surface area contributed by atoms with Gasteiger partial charge >= 0.3 is 12.1 Å². The lowest BCUT2D eigenvalue weighted by Crippen LogP contribution is -2.35. The van der Waals surface area contributed by atoms with E-state index in [9.17, 15) is 18.0 Å². The van der Waals surface area contributed by atoms with Gasteiger partial charge in [0.05, 0.1) is 13.0 Å². The van der Waals surface area contributed by atoms with Crippen LogP contribution in [0, 0.1) is 0 Å². The monoisotopic (exact) mass is 199 g/mol. The van der Waals surface area contributed by atoms with Crippen LogP contribution in [0.3, 0.4) is 0 Å². The summed E-state index contributed by atoms with van der Waals surface area (Å²) >= 11 is 0. The quantitative estimate of drug-likeness (QED) is 0.726. The molecular weight excluding hydrogens is 187 g/mol. The number of carboxylic acids is 1. The Hall–Kier alpha value is -0.780. The fourth-order valence-electron chi connectivity index (χ4n) is 0.856. The molecule has 0 rings (SSSR count). The molecule has 6 heteroatoms. The molecule has 0 aliphatic rings. The summed E-state index contributed by atoms with van der Waals surface area (Å²) in [6, 6.07) is 0. The van der Waals surface area contributed by atoms with E-state index in [1.807, 2.05) is 0 Å². The molecule has 0 unspecified atom stereocenters. The zero-order valence-corrected chi connectivity index (χ0v) is 7.26. The number of aliphatic carboxylic acids is 1. The fraction of sp³-hybridized carbons (Fsp3) is 0.857. The first kappa shape index (κ1) is 12.2. The fourth-order valence-corrected chi connectivity index (χ4v) is 0.856. The van der Waals surface area contributed by atoms with Crippen molar-refractivity contribution in [2.45, 2.75) is 19.5 Å². The van der Waals surface area contributed by atoms with Gasteiger partial charge in [0.1, 0.15) is 0 Å². The van der Waals surface area contributed by atoms with Crippen LogP contribution < -0.4 is 0 Å². The van der Waals surface area contributed by atoms with Gasteiger partial charge in [-0.15, -0.1) is 0 Å². The lowest BCUT2D eigenvalue weighted by atomic mass is 10.3. The molecule has 1 N–H and O–H groups in total. The third-order valence-electron chi connectivity index (χ3n) is 1.49. The van der Waals surface area contributed by atoms with E-state index in [1.54, 1.807) is 6.92 Å². The van der Waals surface area contributed by atoms with Gasteiger partial charge in [0, 0.05) is 6.54 Å². The summed E-state index contributed by atoms with van der Waals surface area (Å²) in [6.07, 6.45) is -4.52. The minimum atomic E-state index is -4.26. The Balaban J connectivity index is 3.83. The van der Waals surface area contributed by atoms with Crippen molar-refractivity contribution < 1.29 is 23.1 Å². The maximum Gasteiger partial charge on any atom is 0.401 e. The van der Waals surface area contributed by atoms with Gasteiger partial charge in [-0.25, -0.2) is 0 Å². The van der Waals surface area contributed by atoms with Crippen molar-refractivity contribution >= 4 is 5.97 Å². The summed E-state index contributed by atoms with van der Waals surface area (Å²) in [5.41, 5.74) is 0. The standard InChI is InChI=1S/C7H12F3NO2/c1-2-11(4-3-6(12)13)5-7(8,9)10/h2-5H2,1H3,(H,12,13). The van der Waals surface area contributed by atoms with Gasteiger partial charge in [0.2, 0.25) is 0 Å². The number of carbonyl (C=O) groups is 1. The Kier molecular flexibility index (Phi) is 4.76. The highest BCUT2D eigenvalue weighted by molar-refractivity contribution is 5.66. The van der Waals surface area contributed by atoms with Crippen LogP contribution >= 0.6 is 0 Å². The Morgan fingerprint density at radius 3 is 2.31 bits per heavy atom. The average Bonchev–Trinajstić information content (AvgIpc) is 1.95. The topological polar surface area (TPSA) is 40.5 Å². The number of carboxylic acid groups (broad SMARTS) is 1. The molecule has 0 atom stereocenters. The van der Waals surface area contributed by atoms with Gasteiger partial charge < -0.3 is 5.11 Å². The van der Waals surface area contributed by atoms with Crippen molar-refractivity contribution in [1.29, 1.82) is 0 Å². The van der Waals surface area contributed by atoms with Crippen LogP contribution in [0.4, 0.5) is 13.2 Å². The van der Waals surface area contributed by atoms with Gasteiger partial charge in [0.25, 0.3) is 0 Å². The van der Waals surface area contributed by atoms with E-state index in [1.165, 1.54) is 0 Å². The zero-order valence-electron chi connectivity index (χ0n) is 7.26. The van der Waals surface area contributed by atoms with Crippen LogP contribution in [0.2, 0.25) is 0 Å². The van der Waals surface area contributed by atoms with E-state index < -0.39 is 18.7 Å². The van der Waals surface area contributed by atoms with Crippen molar-refractivity contribution in [2.24, 2.45) is 0 Å². The minimum absolute atomic E-state index is 0.0641. The molecule has 0 saturated carbocycles. The minimum Gasteiger partial charge on any atom is -0.481 e. The molecule has 0 aromatic carbocycles. The van der Waals surface area contributed by atoms with Crippen molar-refractivity contribution in [3.05, 3.63) is 0 Å². The molecule has 0 amide bonds. The SMILES string of the molecule is CCN(CCC(=O)O)CC(F)(F)F. The number of alkyl halides is 3. The van der Waals surface area contributed by atoms with Crippen molar-refractivity contribution in [1.82, 2.24) is 4.90 Å². The summed E-state index contributed by atoms with van der Waals surface area (Å²) in [4.78, 5) is 11.1. The number of hydrogen-bond acceptors (Lipinski definition) is 2. The predicted molar refractivity (Wildman–Crippen MR) is 40.4 cm³/mol. The lowest BCUT2D eigenvalue weighted by molar-refractivity contribution is -0.149. The first-order valence-electron chi connectivity index (χ1n) is 3.86. The first-order valence-corrected chi connectivity index (χ1v) is 3.86. The van der Waals surface area contributed by atoms with E-state index >= 15 is 0 Å². The number of halogens is 3. The summed E-state index contributed by atoms with van der Waals surface area (Å²) in [7, 11) is 0. The van der Waals surface area contributed by atoms with Crippen LogP contribution in [0.1, 0.15) is 13.3 Å². The molecule has 0 aromatic heterocycles. The van der Waals surface area contributed by atoms with E-state index in [0.717, 1.165) is 4.90 Å². The molecule has 0 fully saturated rings. The van der Waals surface area contributed by atoms with Gasteiger partial charge in [-0.05, 0) is 6.54 Å². The Bertz CT molecular complexity index is 170. The van der Waals surface area contributed by atoms with Crippen LogP contribution in [0.25, 0.3) is 0 Å². The third kappa shape index (κ3) is 7.58. The molecule has 3 nitrogen and oxygen atoms in total. The number of nitrogens with zero attached hydrogens (tertiary/aromatic N) is 1. The van der Waals surface area contributed by atoms with Crippen molar-refractivity contribution in [2.75, 3.05) is 19.6 Å². The van der Waals surface area contributed by atoms with E-state index in [2.05, 4.69) is 0 Å². The maximum absolute atomic E-state index is 11.8. The largest absolute Gasteiger partial charge is 0.481 e. The highest BCUT2D eigenvalue weighted by Crippen LogP contribution is 2.16. The Morgan fingerprint density at radius 2 is 2.00 bits per heavy atom. The normalized spacial score (nSPS) is 12.1. The summed E-state index contributed by atoms with van der Waals surface area (Å²) in [6.45, 7) is 0.655. The van der Waals surface area contributed by atoms with Crippen molar-refractivity contribution in [3.8, 4) is 0 Å². The third-order valence-corrected chi connectivity index (χ3v) is 1.49. The average molecular weight is 199 g/mol. The first-order chi connectivity index (χ1) is 5.85. The smallest absolute Gasteiger partial charge is 0.401 e. The van der Waals surface area contributed by atoms with Gasteiger partial charge in [-0.1, -0.05) is 6.92 Å². The van der Waals surface area contributed by atoms with E-state index in [0.29, 0.717) is 0 Å². The summed E-state index contributed by atoms with van der Waals surface area (Å²) in [5.74, 6) is -1.08. The molecule has 0 spiro atoms. The van der Waals surface area contributed by atoms with Gasteiger partial charge in [-0.2, -0.15) is 13.2 Å². The van der Waals surface area contributed by atoms with Crippen LogP contribution in [-0.4, -0.2) is 41.8 Å². The highest BCUT2D eigenvalue weighted by Gasteiger charge is 2.29. The summed E-state index contributed by atoms with van der Waals surface area (Å²) < 4.78 is 35.5. The van der Waals surface area contributed by atoms with Gasteiger partial charge in [0.15, 0.2) is 0 Å². The lowest BCUT2D eigenvalue weighted by Gasteiger charge is -2.20. The number of hydrogen-bond donors (Lipinski definition) is 1. The molecule has 13 heavy (non-hydrogen) atoms. The molecule has 0 aromatic rings. The van der Waals surface area contributed by atoms with Crippen LogP contribution in [0.15, 0.2) is 0 Å². The second-order valence-corrected chi connectivity index (χ2v) is 2.63. The maximum atomic E-state index is 11.8. The Labute approximate surface area is 74.1 Å². The van der Waals surface area contributed by atoms with Crippen molar-refractivity contribution in [3.63, 3.8) is 0 Å². The van der Waals surface area contributed by atoms with E-state index in [4.69, 9.17) is 5.11 Å². The second kappa shape index (κ2) is 5.06. The molecular formula is C7H12F3NO2. The van der Waals surface area contributed by atoms with Crippen LogP contribution in [0.5, 0.6) is 0 Å². The molecule has 0 aliphatic heterocycles. The molecule has 0 bridgehead atoms. The molecule has 0 heterocycles. The Morgan fingerprint density at radius 1 is 1.46 bits per heavy atom. The number of rotatable bonds is 5. The molecule has 78 valence electrons. The molecule has 0 radical (unpaired) electrons. The second-order valence-electron chi connectivity index (χ2n) is 2.63. The zero-order chi connectivity index (χ0) is 10.5. The summed E-state index contributed by atoms with van der Waals surface area (Å²) in [5, 5.41) is 8.25. The molecule has 0 aliphatic carbocycles. The molecule has 0 saturated heterocycles.